The van der Waals surface area contributed by atoms with E-state index in [2.05, 4.69) is 27.1 Å². The van der Waals surface area contributed by atoms with Gasteiger partial charge in [-0.25, -0.2) is 4.98 Å². The Morgan fingerprint density at radius 3 is 2.50 bits per heavy atom. The Labute approximate surface area is 163 Å². The average Bonchev–Trinajstić information content (AvgIpc) is 2.71. The van der Waals surface area contributed by atoms with E-state index < -0.39 is 0 Å². The predicted octanol–water partition coefficient (Wildman–Crippen LogP) is 1.79. The third-order valence-corrected chi connectivity index (χ3v) is 5.06. The normalized spacial score (nSPS) is 15.0. The van der Waals surface area contributed by atoms with Gasteiger partial charge in [0.25, 0.3) is 5.56 Å². The fourth-order valence-electron chi connectivity index (χ4n) is 3.39. The van der Waals surface area contributed by atoms with E-state index in [9.17, 15) is 9.59 Å². The van der Waals surface area contributed by atoms with E-state index in [4.69, 9.17) is 0 Å². The van der Waals surface area contributed by atoms with Crippen LogP contribution in [0.5, 0.6) is 0 Å². The van der Waals surface area contributed by atoms with Crippen LogP contribution in [-0.2, 0) is 11.3 Å². The molecule has 0 bridgehead atoms. The minimum atomic E-state index is -0.258. The minimum absolute atomic E-state index is 0.0725. The number of benzene rings is 2. The molecule has 1 fully saturated rings. The first-order chi connectivity index (χ1) is 13.6. The molecule has 4 rings (SSSR count). The van der Waals surface area contributed by atoms with Crippen LogP contribution in [0, 0.1) is 0 Å². The first kappa shape index (κ1) is 18.2. The van der Waals surface area contributed by atoms with Crippen molar-refractivity contribution < 1.29 is 4.79 Å². The highest BCUT2D eigenvalue weighted by Gasteiger charge is 2.14. The molecule has 144 valence electrons. The highest BCUT2D eigenvalue weighted by atomic mass is 16.2. The largest absolute Gasteiger partial charge is 0.369 e. The van der Waals surface area contributed by atoms with Crippen molar-refractivity contribution in [2.45, 2.75) is 6.54 Å². The van der Waals surface area contributed by atoms with Crippen molar-refractivity contribution in [3.05, 3.63) is 65.2 Å². The molecule has 7 heteroatoms. The first-order valence-electron chi connectivity index (χ1n) is 9.38. The summed E-state index contributed by atoms with van der Waals surface area (Å²) in [6, 6.07) is 14.9. The molecule has 1 amide bonds. The molecule has 28 heavy (non-hydrogen) atoms. The molecular weight excluding hydrogens is 354 g/mol. The summed E-state index contributed by atoms with van der Waals surface area (Å²) in [5.41, 5.74) is 2.28. The van der Waals surface area contributed by atoms with Crippen LogP contribution in [0.15, 0.2) is 59.7 Å². The van der Waals surface area contributed by atoms with Crippen molar-refractivity contribution >= 4 is 28.2 Å². The van der Waals surface area contributed by atoms with Crippen LogP contribution in [0.1, 0.15) is 0 Å². The standard InChI is InChI=1S/C21H23N5O2/c1-24-10-12-25(13-11-24)17-8-6-16(7-9-17)23-20(27)14-26-15-22-19-5-3-2-4-18(19)21(26)28/h2-9,15H,10-14H2,1H3,(H,23,27). The maximum absolute atomic E-state index is 12.5. The zero-order valence-electron chi connectivity index (χ0n) is 15.8. The van der Waals surface area contributed by atoms with Crippen LogP contribution in [0.2, 0.25) is 0 Å². The lowest BCUT2D eigenvalue weighted by molar-refractivity contribution is -0.116. The Hall–Kier alpha value is -3.19. The number of fused-ring (bicyclic) bond motifs is 1. The molecule has 0 saturated carbocycles. The van der Waals surface area contributed by atoms with Gasteiger partial charge < -0.3 is 15.1 Å². The van der Waals surface area contributed by atoms with E-state index in [1.165, 1.54) is 10.9 Å². The SMILES string of the molecule is CN1CCN(c2ccc(NC(=O)Cn3cnc4ccccc4c3=O)cc2)CC1. The number of hydrogen-bond donors (Lipinski definition) is 1. The van der Waals surface area contributed by atoms with Crippen LogP contribution in [0.25, 0.3) is 10.9 Å². The molecule has 0 spiro atoms. The number of rotatable bonds is 4. The molecular formula is C21H23N5O2. The van der Waals surface area contributed by atoms with Crippen LogP contribution in [-0.4, -0.2) is 53.6 Å². The fourth-order valence-corrected chi connectivity index (χ4v) is 3.39. The molecule has 1 aliphatic rings. The van der Waals surface area contributed by atoms with Gasteiger partial charge in [0.05, 0.1) is 17.2 Å². The summed E-state index contributed by atoms with van der Waals surface area (Å²) in [7, 11) is 2.13. The van der Waals surface area contributed by atoms with E-state index in [1.807, 2.05) is 30.3 Å². The van der Waals surface area contributed by atoms with Crippen molar-refractivity contribution in [3.8, 4) is 0 Å². The molecule has 7 nitrogen and oxygen atoms in total. The molecule has 1 N–H and O–H groups in total. The van der Waals surface area contributed by atoms with E-state index >= 15 is 0 Å². The molecule has 1 aromatic heterocycles. The lowest BCUT2D eigenvalue weighted by Gasteiger charge is -2.34. The van der Waals surface area contributed by atoms with Crippen molar-refractivity contribution in [3.63, 3.8) is 0 Å². The molecule has 0 aliphatic carbocycles. The highest BCUT2D eigenvalue weighted by molar-refractivity contribution is 5.91. The van der Waals surface area contributed by atoms with Gasteiger partial charge in [-0.3, -0.25) is 14.2 Å². The second-order valence-electron chi connectivity index (χ2n) is 7.08. The third kappa shape index (κ3) is 3.89. The average molecular weight is 377 g/mol. The van der Waals surface area contributed by atoms with Gasteiger partial charge in [-0.1, -0.05) is 12.1 Å². The van der Waals surface area contributed by atoms with E-state index in [1.54, 1.807) is 18.2 Å². The van der Waals surface area contributed by atoms with Gasteiger partial charge in [-0.15, -0.1) is 0 Å². The Morgan fingerprint density at radius 1 is 1.04 bits per heavy atom. The van der Waals surface area contributed by atoms with Crippen molar-refractivity contribution in [2.75, 3.05) is 43.4 Å². The number of carbonyl (C=O) groups excluding carboxylic acids is 1. The number of piperazine rings is 1. The summed E-state index contributed by atoms with van der Waals surface area (Å²) in [5, 5.41) is 3.36. The van der Waals surface area contributed by atoms with Crippen molar-refractivity contribution in [2.24, 2.45) is 0 Å². The summed E-state index contributed by atoms with van der Waals surface area (Å²) >= 11 is 0. The summed E-state index contributed by atoms with van der Waals surface area (Å²) in [5.74, 6) is -0.258. The summed E-state index contributed by atoms with van der Waals surface area (Å²) in [6.07, 6.45) is 1.42. The first-order valence-corrected chi connectivity index (χ1v) is 9.38. The maximum Gasteiger partial charge on any atom is 0.261 e. The van der Waals surface area contributed by atoms with Gasteiger partial charge in [0, 0.05) is 37.6 Å². The van der Waals surface area contributed by atoms with Gasteiger partial charge in [-0.2, -0.15) is 0 Å². The highest BCUT2D eigenvalue weighted by Crippen LogP contribution is 2.19. The van der Waals surface area contributed by atoms with Crippen LogP contribution in [0.3, 0.4) is 0 Å². The molecule has 1 saturated heterocycles. The molecule has 3 aromatic rings. The molecule has 0 radical (unpaired) electrons. The lowest BCUT2D eigenvalue weighted by atomic mass is 10.2. The summed E-state index contributed by atoms with van der Waals surface area (Å²) in [6.45, 7) is 4.02. The molecule has 2 aromatic carbocycles. The predicted molar refractivity (Wildman–Crippen MR) is 111 cm³/mol. The van der Waals surface area contributed by atoms with Crippen LogP contribution >= 0.6 is 0 Å². The Kier molecular flexibility index (Phi) is 5.08. The minimum Gasteiger partial charge on any atom is -0.369 e. The summed E-state index contributed by atoms with van der Waals surface area (Å²) < 4.78 is 1.33. The monoisotopic (exact) mass is 377 g/mol. The Bertz CT molecular complexity index is 1040. The smallest absolute Gasteiger partial charge is 0.261 e. The second-order valence-corrected chi connectivity index (χ2v) is 7.08. The van der Waals surface area contributed by atoms with Crippen LogP contribution in [0.4, 0.5) is 11.4 Å². The number of carbonyl (C=O) groups is 1. The number of likely N-dealkylation sites (N-methyl/N-ethyl adjacent to an activating group) is 1. The van der Waals surface area contributed by atoms with Gasteiger partial charge in [0.2, 0.25) is 5.91 Å². The van der Waals surface area contributed by atoms with Gasteiger partial charge in [0.1, 0.15) is 6.54 Å². The number of anilines is 2. The third-order valence-electron chi connectivity index (χ3n) is 5.06. The zero-order chi connectivity index (χ0) is 19.5. The number of amides is 1. The van der Waals surface area contributed by atoms with Crippen LogP contribution < -0.4 is 15.8 Å². The second kappa shape index (κ2) is 7.82. The van der Waals surface area contributed by atoms with Gasteiger partial charge >= 0.3 is 0 Å². The Balaban J connectivity index is 1.41. The van der Waals surface area contributed by atoms with Crippen molar-refractivity contribution in [1.82, 2.24) is 14.5 Å². The van der Waals surface area contributed by atoms with E-state index in [0.717, 1.165) is 31.9 Å². The molecule has 0 unspecified atom stereocenters. The number of nitrogens with zero attached hydrogens (tertiary/aromatic N) is 4. The number of hydrogen-bond acceptors (Lipinski definition) is 5. The zero-order valence-corrected chi connectivity index (χ0v) is 15.8. The van der Waals surface area contributed by atoms with E-state index in [0.29, 0.717) is 16.6 Å². The summed E-state index contributed by atoms with van der Waals surface area (Å²) in [4.78, 5) is 33.8. The molecule has 2 heterocycles. The van der Waals surface area contributed by atoms with E-state index in [-0.39, 0.29) is 18.0 Å². The molecule has 0 atom stereocenters. The maximum atomic E-state index is 12.5. The van der Waals surface area contributed by atoms with Crippen molar-refractivity contribution in [1.29, 1.82) is 0 Å². The fraction of sp³-hybridized carbons (Fsp3) is 0.286. The number of para-hydroxylation sites is 1. The Morgan fingerprint density at radius 2 is 1.75 bits per heavy atom. The molecule has 1 aliphatic heterocycles. The lowest BCUT2D eigenvalue weighted by Crippen LogP contribution is -2.44. The van der Waals surface area contributed by atoms with Gasteiger partial charge in [-0.05, 0) is 43.4 Å². The number of aromatic nitrogens is 2. The topological polar surface area (TPSA) is 70.5 Å². The number of nitrogens with one attached hydrogen (secondary N) is 1. The van der Waals surface area contributed by atoms with Gasteiger partial charge in [0.15, 0.2) is 0 Å². The quantitative estimate of drug-likeness (QED) is 0.751.